The maximum atomic E-state index is 6.13. The number of aromatic nitrogens is 2. The summed E-state index contributed by atoms with van der Waals surface area (Å²) in [5.41, 5.74) is 3.40. The molecule has 3 aromatic rings. The fourth-order valence-electron chi connectivity index (χ4n) is 3.27. The van der Waals surface area contributed by atoms with E-state index in [0.29, 0.717) is 10.0 Å². The van der Waals surface area contributed by atoms with Gasteiger partial charge in [-0.15, -0.1) is 11.3 Å². The molecule has 0 radical (unpaired) electrons. The van der Waals surface area contributed by atoms with E-state index >= 15 is 0 Å². The van der Waals surface area contributed by atoms with Crippen LogP contribution in [0.5, 0.6) is 0 Å². The number of rotatable bonds is 5. The van der Waals surface area contributed by atoms with Gasteiger partial charge in [-0.1, -0.05) is 23.2 Å². The molecule has 0 unspecified atom stereocenters. The second kappa shape index (κ2) is 8.57. The molecule has 1 aromatic carbocycles. The summed E-state index contributed by atoms with van der Waals surface area (Å²) in [6.45, 7) is 5.06. The minimum Gasteiger partial charge on any atom is -0.369 e. The number of halogens is 2. The lowest BCUT2D eigenvalue weighted by atomic mass is 10.2. The predicted octanol–water partition coefficient (Wildman–Crippen LogP) is 4.88. The predicted molar refractivity (Wildman–Crippen MR) is 114 cm³/mol. The van der Waals surface area contributed by atoms with E-state index in [9.17, 15) is 0 Å². The van der Waals surface area contributed by atoms with E-state index in [-0.39, 0.29) is 0 Å². The molecule has 4 rings (SSSR count). The number of piperazine rings is 1. The van der Waals surface area contributed by atoms with Gasteiger partial charge >= 0.3 is 0 Å². The number of pyridine rings is 1. The summed E-state index contributed by atoms with van der Waals surface area (Å²) in [6, 6.07) is 9.75. The van der Waals surface area contributed by atoms with Crippen LogP contribution < -0.4 is 4.90 Å². The average Bonchev–Trinajstić information content (AvgIpc) is 3.16. The molecule has 3 heterocycles. The Hall–Kier alpha value is -1.66. The molecule has 2 aromatic heterocycles. The first-order valence-corrected chi connectivity index (χ1v) is 10.6. The lowest BCUT2D eigenvalue weighted by Crippen LogP contribution is -2.47. The van der Waals surface area contributed by atoms with Gasteiger partial charge in [-0.25, -0.2) is 4.98 Å². The maximum Gasteiger partial charge on any atom is 0.123 e. The zero-order valence-corrected chi connectivity index (χ0v) is 17.1. The van der Waals surface area contributed by atoms with Crippen LogP contribution in [0.2, 0.25) is 10.0 Å². The topological polar surface area (TPSA) is 32.3 Å². The van der Waals surface area contributed by atoms with Crippen LogP contribution in [-0.2, 0) is 6.42 Å². The zero-order chi connectivity index (χ0) is 18.6. The molecule has 0 amide bonds. The van der Waals surface area contributed by atoms with Gasteiger partial charge in [-0.2, -0.15) is 0 Å². The van der Waals surface area contributed by atoms with E-state index in [0.717, 1.165) is 61.1 Å². The molecule has 0 bridgehead atoms. The first kappa shape index (κ1) is 18.7. The van der Waals surface area contributed by atoms with Crippen LogP contribution in [0.1, 0.15) is 5.69 Å². The van der Waals surface area contributed by atoms with Crippen molar-refractivity contribution < 1.29 is 0 Å². The summed E-state index contributed by atoms with van der Waals surface area (Å²) >= 11 is 14.0. The van der Waals surface area contributed by atoms with Crippen LogP contribution in [0.4, 0.5) is 5.69 Å². The van der Waals surface area contributed by atoms with E-state index in [1.54, 1.807) is 17.4 Å². The number of hydrogen-bond acceptors (Lipinski definition) is 5. The molecular weight excluding hydrogens is 399 g/mol. The third-order valence-corrected chi connectivity index (χ3v) is 6.12. The fourth-order valence-corrected chi connectivity index (χ4v) is 4.65. The molecule has 1 fully saturated rings. The smallest absolute Gasteiger partial charge is 0.123 e. The summed E-state index contributed by atoms with van der Waals surface area (Å²) in [5, 5.41) is 4.61. The molecule has 1 aliphatic heterocycles. The normalized spacial score (nSPS) is 15.3. The van der Waals surface area contributed by atoms with Crippen molar-refractivity contribution in [3.05, 3.63) is 63.8 Å². The number of thiazole rings is 1. The Morgan fingerprint density at radius 1 is 0.963 bits per heavy atom. The van der Waals surface area contributed by atoms with Crippen molar-refractivity contribution in [2.45, 2.75) is 6.42 Å². The number of hydrogen-bond donors (Lipinski definition) is 0. The third-order valence-electron chi connectivity index (χ3n) is 4.75. The maximum absolute atomic E-state index is 6.13. The Labute approximate surface area is 173 Å². The van der Waals surface area contributed by atoms with E-state index in [1.165, 1.54) is 0 Å². The molecule has 0 N–H and O–H groups in total. The van der Waals surface area contributed by atoms with E-state index < -0.39 is 0 Å². The van der Waals surface area contributed by atoms with Crippen molar-refractivity contribution in [3.63, 3.8) is 0 Å². The zero-order valence-electron chi connectivity index (χ0n) is 14.8. The van der Waals surface area contributed by atoms with E-state index in [1.807, 2.05) is 36.7 Å². The van der Waals surface area contributed by atoms with Crippen molar-refractivity contribution in [3.8, 4) is 10.6 Å². The molecule has 0 spiro atoms. The van der Waals surface area contributed by atoms with E-state index in [4.69, 9.17) is 28.2 Å². The Morgan fingerprint density at radius 2 is 1.67 bits per heavy atom. The SMILES string of the molecule is Clc1cc(Cl)cc(N2CCN(CCc3csc(-c4ccncc4)n3)CC2)c1. The monoisotopic (exact) mass is 418 g/mol. The van der Waals surface area contributed by atoms with Crippen LogP contribution >= 0.6 is 34.5 Å². The van der Waals surface area contributed by atoms with Crippen molar-refractivity contribution in [1.29, 1.82) is 0 Å². The van der Waals surface area contributed by atoms with Crippen LogP contribution in [0.15, 0.2) is 48.1 Å². The minimum absolute atomic E-state index is 0.688. The first-order valence-electron chi connectivity index (χ1n) is 8.95. The lowest BCUT2D eigenvalue weighted by Gasteiger charge is -2.36. The van der Waals surface area contributed by atoms with Crippen LogP contribution in [0.25, 0.3) is 10.6 Å². The quantitative estimate of drug-likeness (QED) is 0.590. The van der Waals surface area contributed by atoms with Gasteiger partial charge in [0.15, 0.2) is 0 Å². The summed E-state index contributed by atoms with van der Waals surface area (Å²) in [6.07, 6.45) is 4.59. The Kier molecular flexibility index (Phi) is 5.93. The molecule has 0 saturated carbocycles. The van der Waals surface area contributed by atoms with Gasteiger partial charge in [0, 0.05) is 78.2 Å². The Bertz CT molecular complexity index is 872. The molecule has 0 atom stereocenters. The van der Waals surface area contributed by atoms with Gasteiger partial charge in [-0.05, 0) is 30.3 Å². The van der Waals surface area contributed by atoms with Gasteiger partial charge in [0.1, 0.15) is 5.01 Å². The van der Waals surface area contributed by atoms with Gasteiger partial charge < -0.3 is 4.90 Å². The van der Waals surface area contributed by atoms with Crippen LogP contribution in [0, 0.1) is 0 Å². The Balaban J connectivity index is 1.29. The van der Waals surface area contributed by atoms with Crippen molar-refractivity contribution in [2.75, 3.05) is 37.6 Å². The second-order valence-electron chi connectivity index (χ2n) is 6.59. The highest BCUT2D eigenvalue weighted by Crippen LogP contribution is 2.26. The van der Waals surface area contributed by atoms with Crippen LogP contribution in [-0.4, -0.2) is 47.6 Å². The Morgan fingerprint density at radius 3 is 2.37 bits per heavy atom. The summed E-state index contributed by atoms with van der Waals surface area (Å²) in [5.74, 6) is 0. The number of anilines is 1. The lowest BCUT2D eigenvalue weighted by molar-refractivity contribution is 0.260. The molecular formula is C20H20Cl2N4S. The number of nitrogens with zero attached hydrogens (tertiary/aromatic N) is 4. The molecule has 27 heavy (non-hydrogen) atoms. The average molecular weight is 419 g/mol. The van der Waals surface area contributed by atoms with Gasteiger partial charge in [0.2, 0.25) is 0 Å². The largest absolute Gasteiger partial charge is 0.369 e. The first-order chi connectivity index (χ1) is 13.2. The van der Waals surface area contributed by atoms with Crippen molar-refractivity contribution >= 4 is 40.2 Å². The molecule has 7 heteroatoms. The summed E-state index contributed by atoms with van der Waals surface area (Å²) < 4.78 is 0. The second-order valence-corrected chi connectivity index (χ2v) is 8.32. The highest BCUT2D eigenvalue weighted by molar-refractivity contribution is 7.13. The summed E-state index contributed by atoms with van der Waals surface area (Å²) in [7, 11) is 0. The summed E-state index contributed by atoms with van der Waals surface area (Å²) in [4.78, 5) is 13.7. The number of benzene rings is 1. The molecule has 4 nitrogen and oxygen atoms in total. The highest BCUT2D eigenvalue weighted by Gasteiger charge is 2.18. The third kappa shape index (κ3) is 4.79. The van der Waals surface area contributed by atoms with E-state index in [2.05, 4.69) is 20.2 Å². The standard InChI is InChI=1S/C20H20Cl2N4S/c21-16-11-17(22)13-19(12-16)26-9-7-25(8-10-26)6-3-18-14-27-20(24-18)15-1-4-23-5-2-15/h1-2,4-5,11-14H,3,6-10H2. The molecule has 1 saturated heterocycles. The van der Waals surface area contributed by atoms with Crippen molar-refractivity contribution in [1.82, 2.24) is 14.9 Å². The van der Waals surface area contributed by atoms with Gasteiger partial charge in [0.25, 0.3) is 0 Å². The van der Waals surface area contributed by atoms with Crippen molar-refractivity contribution in [2.24, 2.45) is 0 Å². The highest BCUT2D eigenvalue weighted by atomic mass is 35.5. The fraction of sp³-hybridized carbons (Fsp3) is 0.300. The molecule has 1 aliphatic rings. The minimum atomic E-state index is 0.688. The molecule has 0 aliphatic carbocycles. The van der Waals surface area contributed by atoms with Crippen LogP contribution in [0.3, 0.4) is 0 Å². The van der Waals surface area contributed by atoms with Gasteiger partial charge in [0.05, 0.1) is 5.69 Å². The van der Waals surface area contributed by atoms with Gasteiger partial charge in [-0.3, -0.25) is 9.88 Å². The molecule has 140 valence electrons.